The monoisotopic (exact) mass is 789 g/mol. The van der Waals surface area contributed by atoms with Gasteiger partial charge in [-0.3, -0.25) is 9.69 Å². The van der Waals surface area contributed by atoms with Gasteiger partial charge in [-0.25, -0.2) is 4.79 Å². The summed E-state index contributed by atoms with van der Waals surface area (Å²) in [6.45, 7) is 0.378. The maximum absolute atomic E-state index is 14.5. The smallest absolute Gasteiger partial charge is 0.324 e. The second-order valence-electron chi connectivity index (χ2n) is 16.1. The molecule has 8 rings (SSSR count). The second kappa shape index (κ2) is 16.0. The first-order valence-corrected chi connectivity index (χ1v) is 19.7. The molecule has 0 bridgehead atoms. The van der Waals surface area contributed by atoms with Crippen LogP contribution < -0.4 is 9.80 Å². The molecule has 4 fully saturated rings. The van der Waals surface area contributed by atoms with E-state index in [9.17, 15) is 50.4 Å². The molecule has 5 aliphatic rings. The Morgan fingerprint density at radius 3 is 1.70 bits per heavy atom. The van der Waals surface area contributed by atoms with Crippen LogP contribution in [0.2, 0.25) is 0 Å². The highest BCUT2D eigenvalue weighted by atomic mass is 16.6. The standard InChI is InChI=1S/C42H51N3O12/c46-21-31-35(50)37(52)33(48)29(56-31)19-23-5-9-26(10-6-23)39-42(14-17-43(18-15-42)41(55)44-16-13-25-3-1-2-4-28(25)44)40(54)45(39)27-11-7-24(8-12-27)20-30-34(49)38(53)36(51)32(22-47)57-30/h1-12,29-39,46-53H,13-22H2. The van der Waals surface area contributed by atoms with E-state index in [0.29, 0.717) is 38.2 Å². The van der Waals surface area contributed by atoms with Crippen molar-refractivity contribution in [3.63, 3.8) is 0 Å². The van der Waals surface area contributed by atoms with Crippen molar-refractivity contribution in [2.45, 2.75) is 99.2 Å². The lowest BCUT2D eigenvalue weighted by atomic mass is 9.62. The maximum Gasteiger partial charge on any atom is 0.324 e. The molecule has 15 heteroatoms. The Kier molecular flexibility index (Phi) is 11.2. The molecular weight excluding hydrogens is 738 g/mol. The Bertz CT molecular complexity index is 1900. The van der Waals surface area contributed by atoms with Crippen LogP contribution in [0.4, 0.5) is 16.2 Å². The molecule has 57 heavy (non-hydrogen) atoms. The van der Waals surface area contributed by atoms with Crippen molar-refractivity contribution in [1.29, 1.82) is 0 Å². The topological polar surface area (TPSA) is 224 Å². The van der Waals surface area contributed by atoms with Crippen LogP contribution >= 0.6 is 0 Å². The number of nitrogens with zero attached hydrogens (tertiary/aromatic N) is 3. The number of hydrogen-bond acceptors (Lipinski definition) is 12. The van der Waals surface area contributed by atoms with Gasteiger partial charge < -0.3 is 60.1 Å². The zero-order valence-corrected chi connectivity index (χ0v) is 31.4. The van der Waals surface area contributed by atoms with Crippen LogP contribution in [0.3, 0.4) is 0 Å². The van der Waals surface area contributed by atoms with Crippen molar-refractivity contribution in [1.82, 2.24) is 4.90 Å². The van der Waals surface area contributed by atoms with Gasteiger partial charge in [0, 0.05) is 43.9 Å². The SMILES string of the molecule is O=C(N1CCC2(CC1)C(=O)N(c1ccc(CC3OC(CO)C(O)C(O)C3O)cc1)C2c1ccc(CC2OC(CO)C(O)C(O)C2O)cc1)N1CCc2ccccc21. The van der Waals surface area contributed by atoms with Gasteiger partial charge in [-0.1, -0.05) is 54.6 Å². The lowest BCUT2D eigenvalue weighted by molar-refractivity contribution is -0.228. The van der Waals surface area contributed by atoms with Crippen molar-refractivity contribution in [2.24, 2.45) is 5.41 Å². The molecule has 0 aromatic heterocycles. The highest BCUT2D eigenvalue weighted by Gasteiger charge is 2.62. The van der Waals surface area contributed by atoms with Crippen LogP contribution in [0, 0.1) is 5.41 Å². The highest BCUT2D eigenvalue weighted by Crippen LogP contribution is 2.57. The van der Waals surface area contributed by atoms with Crippen molar-refractivity contribution in [2.75, 3.05) is 42.6 Å². The molecule has 306 valence electrons. The number of urea groups is 1. The maximum atomic E-state index is 14.5. The normalized spacial score (nSPS) is 33.6. The summed E-state index contributed by atoms with van der Waals surface area (Å²) in [4.78, 5) is 33.7. The lowest BCUT2D eigenvalue weighted by Crippen LogP contribution is -2.67. The van der Waals surface area contributed by atoms with Crippen LogP contribution in [0.15, 0.2) is 72.8 Å². The number of aliphatic hydroxyl groups is 8. The van der Waals surface area contributed by atoms with E-state index in [1.54, 1.807) is 4.90 Å². The summed E-state index contributed by atoms with van der Waals surface area (Å²) in [6, 6.07) is 22.3. The largest absolute Gasteiger partial charge is 0.394 e. The number of piperidine rings is 1. The number of β-lactam (4-membered cyclic amide) rings is 1. The Labute approximate surface area is 329 Å². The number of rotatable bonds is 8. The first kappa shape index (κ1) is 39.8. The third-order valence-corrected chi connectivity index (χ3v) is 12.8. The van der Waals surface area contributed by atoms with E-state index in [0.717, 1.165) is 34.4 Å². The van der Waals surface area contributed by atoms with Crippen LogP contribution in [0.1, 0.15) is 41.1 Å². The summed E-state index contributed by atoms with van der Waals surface area (Å²) >= 11 is 0. The number of likely N-dealkylation sites (tertiary alicyclic amines) is 1. The lowest BCUT2D eigenvalue weighted by Gasteiger charge is -2.59. The minimum absolute atomic E-state index is 0.0572. The zero-order chi connectivity index (χ0) is 40.2. The summed E-state index contributed by atoms with van der Waals surface area (Å²) in [5.41, 5.74) is 4.31. The molecule has 5 aliphatic heterocycles. The molecule has 0 saturated carbocycles. The molecule has 0 aliphatic carbocycles. The summed E-state index contributed by atoms with van der Waals surface area (Å²) in [5, 5.41) is 81.5. The van der Waals surface area contributed by atoms with Gasteiger partial charge in [0.2, 0.25) is 5.91 Å². The number of para-hydroxylation sites is 1. The van der Waals surface area contributed by atoms with Crippen LogP contribution in [0.5, 0.6) is 0 Å². The summed E-state index contributed by atoms with van der Waals surface area (Å²) in [6.07, 6.45) is -10.3. The van der Waals surface area contributed by atoms with Gasteiger partial charge >= 0.3 is 6.03 Å². The molecule has 3 aromatic rings. The highest BCUT2D eigenvalue weighted by molar-refractivity contribution is 6.06. The van der Waals surface area contributed by atoms with Gasteiger partial charge in [0.15, 0.2) is 0 Å². The van der Waals surface area contributed by atoms with E-state index < -0.39 is 79.7 Å². The molecule has 3 amide bonds. The molecule has 11 unspecified atom stereocenters. The van der Waals surface area contributed by atoms with Gasteiger partial charge in [-0.2, -0.15) is 0 Å². The van der Waals surface area contributed by atoms with Crippen molar-refractivity contribution >= 4 is 23.3 Å². The number of ether oxygens (including phenoxy) is 2. The van der Waals surface area contributed by atoms with E-state index in [2.05, 4.69) is 0 Å². The second-order valence-corrected chi connectivity index (χ2v) is 16.1. The number of fused-ring (bicyclic) bond motifs is 1. The van der Waals surface area contributed by atoms with Crippen LogP contribution in [-0.2, 0) is 33.5 Å². The summed E-state index contributed by atoms with van der Waals surface area (Å²) < 4.78 is 11.4. The Morgan fingerprint density at radius 1 is 0.649 bits per heavy atom. The number of carbonyl (C=O) groups is 2. The van der Waals surface area contributed by atoms with Gasteiger partial charge in [0.1, 0.15) is 48.8 Å². The van der Waals surface area contributed by atoms with Crippen molar-refractivity contribution in [3.05, 3.63) is 95.1 Å². The van der Waals surface area contributed by atoms with E-state index in [1.165, 1.54) is 0 Å². The third-order valence-electron chi connectivity index (χ3n) is 12.8. The van der Waals surface area contributed by atoms with Crippen molar-refractivity contribution in [3.8, 4) is 0 Å². The van der Waals surface area contributed by atoms with Crippen LogP contribution in [-0.4, -0.2) is 152 Å². The van der Waals surface area contributed by atoms with Gasteiger partial charge in [-0.05, 0) is 59.7 Å². The van der Waals surface area contributed by atoms with E-state index in [4.69, 9.17) is 9.47 Å². The molecule has 15 nitrogen and oxygen atoms in total. The summed E-state index contributed by atoms with van der Waals surface area (Å²) in [7, 11) is 0. The predicted molar refractivity (Wildman–Crippen MR) is 204 cm³/mol. The molecule has 5 heterocycles. The molecule has 0 radical (unpaired) electrons. The third kappa shape index (κ3) is 7.03. The minimum Gasteiger partial charge on any atom is -0.394 e. The Morgan fingerprint density at radius 2 is 1.16 bits per heavy atom. The number of anilines is 2. The fourth-order valence-corrected chi connectivity index (χ4v) is 9.47. The fraction of sp³-hybridized carbons (Fsp3) is 0.524. The molecule has 8 N–H and O–H groups in total. The van der Waals surface area contributed by atoms with E-state index in [-0.39, 0.29) is 30.8 Å². The van der Waals surface area contributed by atoms with Gasteiger partial charge in [-0.15, -0.1) is 0 Å². The first-order chi connectivity index (χ1) is 27.4. The molecule has 11 atom stereocenters. The minimum atomic E-state index is -1.48. The number of aliphatic hydroxyl groups excluding tert-OH is 8. The number of carbonyl (C=O) groups excluding carboxylic acids is 2. The molecular formula is C42H51N3O12. The first-order valence-electron chi connectivity index (χ1n) is 19.7. The van der Waals surface area contributed by atoms with Crippen LogP contribution in [0.25, 0.3) is 0 Å². The average molecular weight is 790 g/mol. The number of benzene rings is 3. The Balaban J connectivity index is 1.02. The van der Waals surface area contributed by atoms with Gasteiger partial charge in [0.05, 0.1) is 36.9 Å². The predicted octanol–water partition coefficient (Wildman–Crippen LogP) is -0.191. The molecule has 3 aromatic carbocycles. The molecule has 1 spiro atoms. The van der Waals surface area contributed by atoms with E-state index in [1.807, 2.05) is 82.6 Å². The number of amides is 3. The quantitative estimate of drug-likeness (QED) is 0.139. The Hall–Kier alpha value is -4.00. The van der Waals surface area contributed by atoms with Gasteiger partial charge in [0.25, 0.3) is 0 Å². The van der Waals surface area contributed by atoms with Crippen molar-refractivity contribution < 1.29 is 59.9 Å². The zero-order valence-electron chi connectivity index (χ0n) is 31.4. The van der Waals surface area contributed by atoms with E-state index >= 15 is 0 Å². The number of hydrogen-bond donors (Lipinski definition) is 8. The fourth-order valence-electron chi connectivity index (χ4n) is 9.47. The summed E-state index contributed by atoms with van der Waals surface area (Å²) in [5.74, 6) is -0.0572. The average Bonchev–Trinajstić information content (AvgIpc) is 3.68. The molecule has 4 saturated heterocycles.